The number of ether oxygens (including phenoxy) is 1. The van der Waals surface area contributed by atoms with Gasteiger partial charge in [0.15, 0.2) is 0 Å². The summed E-state index contributed by atoms with van der Waals surface area (Å²) in [4.78, 5) is 0.316. The summed E-state index contributed by atoms with van der Waals surface area (Å²) >= 11 is 0. The van der Waals surface area contributed by atoms with Crippen molar-refractivity contribution in [1.82, 2.24) is 0 Å². The lowest BCUT2D eigenvalue weighted by molar-refractivity contribution is 0.307. The molecule has 1 aliphatic rings. The van der Waals surface area contributed by atoms with Crippen LogP contribution in [0, 0.1) is 6.92 Å². The summed E-state index contributed by atoms with van der Waals surface area (Å²) in [5.74, 6) is 0.752. The first-order valence-corrected chi connectivity index (χ1v) is 10.2. The first-order chi connectivity index (χ1) is 11.9. The Balaban J connectivity index is 1.92. The molecule has 0 saturated carbocycles. The van der Waals surface area contributed by atoms with E-state index in [1.165, 1.54) is 0 Å². The molecule has 1 heterocycles. The molecule has 134 valence electrons. The maximum atomic E-state index is 13.2. The van der Waals surface area contributed by atoms with Gasteiger partial charge in [0.25, 0.3) is 10.0 Å². The molecule has 1 aliphatic heterocycles. The fourth-order valence-corrected chi connectivity index (χ4v) is 5.07. The van der Waals surface area contributed by atoms with Crippen LogP contribution in [0.2, 0.25) is 0 Å². The van der Waals surface area contributed by atoms with Crippen LogP contribution < -0.4 is 9.04 Å². The molecule has 0 unspecified atom stereocenters. The fourth-order valence-electron chi connectivity index (χ4n) is 3.29. The van der Waals surface area contributed by atoms with Gasteiger partial charge in [-0.2, -0.15) is 0 Å². The van der Waals surface area contributed by atoms with E-state index in [-0.39, 0.29) is 6.04 Å². The number of rotatable bonds is 6. The molecule has 0 spiro atoms. The van der Waals surface area contributed by atoms with E-state index >= 15 is 0 Å². The van der Waals surface area contributed by atoms with E-state index in [0.717, 1.165) is 41.8 Å². The molecular formula is C20H25NO3S. The van der Waals surface area contributed by atoms with Gasteiger partial charge in [0, 0.05) is 6.04 Å². The third-order valence-electron chi connectivity index (χ3n) is 4.60. The Morgan fingerprint density at radius 1 is 1.20 bits per heavy atom. The molecule has 2 aromatic carbocycles. The van der Waals surface area contributed by atoms with Crippen molar-refractivity contribution in [1.29, 1.82) is 0 Å². The Morgan fingerprint density at radius 2 is 1.96 bits per heavy atom. The van der Waals surface area contributed by atoms with Crippen LogP contribution in [0.15, 0.2) is 47.4 Å². The Hall–Kier alpha value is -2.01. The molecule has 4 nitrogen and oxygen atoms in total. The van der Waals surface area contributed by atoms with E-state index in [0.29, 0.717) is 11.5 Å². The zero-order chi connectivity index (χ0) is 18.0. The van der Waals surface area contributed by atoms with Crippen LogP contribution in [-0.2, 0) is 16.4 Å². The van der Waals surface area contributed by atoms with Crippen molar-refractivity contribution in [3.63, 3.8) is 0 Å². The third-order valence-corrected chi connectivity index (χ3v) is 6.53. The third kappa shape index (κ3) is 3.38. The molecule has 0 amide bonds. The second kappa shape index (κ2) is 7.08. The lowest BCUT2D eigenvalue weighted by Gasteiger charge is -2.25. The Labute approximate surface area is 150 Å². The molecule has 0 N–H and O–H groups in total. The molecule has 2 aromatic rings. The number of nitrogens with zero attached hydrogens (tertiary/aromatic N) is 1. The minimum Gasteiger partial charge on any atom is -0.493 e. The van der Waals surface area contributed by atoms with E-state index in [9.17, 15) is 8.42 Å². The number of benzene rings is 2. The Morgan fingerprint density at radius 3 is 2.68 bits per heavy atom. The van der Waals surface area contributed by atoms with Crippen molar-refractivity contribution >= 4 is 15.7 Å². The van der Waals surface area contributed by atoms with Crippen molar-refractivity contribution < 1.29 is 13.2 Å². The van der Waals surface area contributed by atoms with E-state index < -0.39 is 10.0 Å². The average Bonchev–Trinajstić information content (AvgIpc) is 2.92. The van der Waals surface area contributed by atoms with Gasteiger partial charge in [0.1, 0.15) is 5.75 Å². The van der Waals surface area contributed by atoms with Crippen LogP contribution in [0.4, 0.5) is 5.69 Å². The number of fused-ring (bicyclic) bond motifs is 1. The summed E-state index contributed by atoms with van der Waals surface area (Å²) in [5, 5.41) is 0. The summed E-state index contributed by atoms with van der Waals surface area (Å²) in [7, 11) is -3.59. The van der Waals surface area contributed by atoms with Gasteiger partial charge in [-0.05, 0) is 62.1 Å². The molecule has 0 bridgehead atoms. The highest BCUT2D eigenvalue weighted by molar-refractivity contribution is 7.92. The molecule has 5 heteroatoms. The van der Waals surface area contributed by atoms with Crippen molar-refractivity contribution in [2.45, 2.75) is 51.0 Å². The Bertz CT molecular complexity index is 861. The second-order valence-electron chi connectivity index (χ2n) is 6.61. The number of para-hydroxylation sites is 1. The first-order valence-electron chi connectivity index (χ1n) is 8.81. The van der Waals surface area contributed by atoms with Crippen molar-refractivity contribution in [3.8, 4) is 5.75 Å². The largest absolute Gasteiger partial charge is 0.493 e. The summed E-state index contributed by atoms with van der Waals surface area (Å²) in [6, 6.07) is 12.8. The number of hydrogen-bond acceptors (Lipinski definition) is 3. The van der Waals surface area contributed by atoms with E-state index in [1.54, 1.807) is 22.5 Å². The second-order valence-corrected chi connectivity index (χ2v) is 8.43. The van der Waals surface area contributed by atoms with E-state index in [1.807, 2.05) is 38.1 Å². The predicted octanol–water partition coefficient (Wildman–Crippen LogP) is 4.31. The summed E-state index contributed by atoms with van der Waals surface area (Å²) in [6.45, 7) is 6.61. The minimum absolute atomic E-state index is 0.0804. The van der Waals surface area contributed by atoms with Crippen LogP contribution in [0.1, 0.15) is 37.8 Å². The first kappa shape index (κ1) is 17.8. The highest BCUT2D eigenvalue weighted by atomic mass is 32.2. The summed E-state index contributed by atoms with van der Waals surface area (Å²) in [6.07, 6.45) is 2.80. The molecule has 0 radical (unpaired) electrons. The summed E-state index contributed by atoms with van der Waals surface area (Å²) < 4.78 is 33.7. The standard InChI is InChI=1S/C20H25NO3S/c1-4-5-12-24-20-11-10-18(13-15(20)2)25(22,23)21-16(3)14-17-8-6-7-9-19(17)21/h6-11,13,16H,4-5,12,14H2,1-3H3/t16-/m0/s1. The van der Waals surface area contributed by atoms with Crippen molar-refractivity contribution in [2.24, 2.45) is 0 Å². The smallest absolute Gasteiger partial charge is 0.264 e. The zero-order valence-electron chi connectivity index (χ0n) is 15.0. The molecule has 0 aromatic heterocycles. The number of anilines is 1. The lowest BCUT2D eigenvalue weighted by Crippen LogP contribution is -2.35. The highest BCUT2D eigenvalue weighted by Crippen LogP contribution is 2.37. The van der Waals surface area contributed by atoms with Crippen molar-refractivity contribution in [2.75, 3.05) is 10.9 Å². The molecular weight excluding hydrogens is 334 g/mol. The fraction of sp³-hybridized carbons (Fsp3) is 0.400. The van der Waals surface area contributed by atoms with Gasteiger partial charge in [-0.25, -0.2) is 8.42 Å². The zero-order valence-corrected chi connectivity index (χ0v) is 15.8. The van der Waals surface area contributed by atoms with Crippen LogP contribution >= 0.6 is 0 Å². The molecule has 0 fully saturated rings. The minimum atomic E-state index is -3.59. The Kier molecular flexibility index (Phi) is 5.04. The molecule has 0 aliphatic carbocycles. The van der Waals surface area contributed by atoms with Crippen LogP contribution in [0.3, 0.4) is 0 Å². The molecule has 3 rings (SSSR count). The van der Waals surface area contributed by atoms with Gasteiger partial charge in [-0.1, -0.05) is 31.5 Å². The predicted molar refractivity (Wildman–Crippen MR) is 101 cm³/mol. The highest BCUT2D eigenvalue weighted by Gasteiger charge is 2.35. The SMILES string of the molecule is CCCCOc1ccc(S(=O)(=O)N2c3ccccc3C[C@@H]2C)cc1C. The maximum Gasteiger partial charge on any atom is 0.264 e. The van der Waals surface area contributed by atoms with Crippen LogP contribution in [0.5, 0.6) is 5.75 Å². The van der Waals surface area contributed by atoms with Gasteiger partial charge in [0.2, 0.25) is 0 Å². The van der Waals surface area contributed by atoms with Gasteiger partial charge < -0.3 is 4.74 Å². The van der Waals surface area contributed by atoms with Gasteiger partial charge >= 0.3 is 0 Å². The van der Waals surface area contributed by atoms with Crippen molar-refractivity contribution in [3.05, 3.63) is 53.6 Å². The average molecular weight is 359 g/mol. The van der Waals surface area contributed by atoms with E-state index in [4.69, 9.17) is 4.74 Å². The van der Waals surface area contributed by atoms with E-state index in [2.05, 4.69) is 6.92 Å². The monoisotopic (exact) mass is 359 g/mol. The summed E-state index contributed by atoms with van der Waals surface area (Å²) in [5.41, 5.74) is 2.71. The number of hydrogen-bond donors (Lipinski definition) is 0. The maximum absolute atomic E-state index is 13.2. The topological polar surface area (TPSA) is 46.6 Å². The van der Waals surface area contributed by atoms with Gasteiger partial charge in [0.05, 0.1) is 17.2 Å². The molecule has 25 heavy (non-hydrogen) atoms. The molecule has 0 saturated heterocycles. The quantitative estimate of drug-likeness (QED) is 0.722. The number of aryl methyl sites for hydroxylation is 1. The molecule has 1 atom stereocenters. The number of sulfonamides is 1. The van der Waals surface area contributed by atoms with Gasteiger partial charge in [-0.15, -0.1) is 0 Å². The number of unbranched alkanes of at least 4 members (excludes halogenated alkanes) is 1. The van der Waals surface area contributed by atoms with Crippen LogP contribution in [0.25, 0.3) is 0 Å². The van der Waals surface area contributed by atoms with Gasteiger partial charge in [-0.3, -0.25) is 4.31 Å². The normalized spacial score (nSPS) is 16.8. The van der Waals surface area contributed by atoms with Crippen LogP contribution in [-0.4, -0.2) is 21.1 Å². The lowest BCUT2D eigenvalue weighted by atomic mass is 10.1.